The molecule has 0 aliphatic carbocycles. The first-order valence-corrected chi connectivity index (χ1v) is 7.40. The predicted molar refractivity (Wildman–Crippen MR) is 81.0 cm³/mol. The van der Waals surface area contributed by atoms with Crippen molar-refractivity contribution in [3.05, 3.63) is 56.8 Å². The summed E-state index contributed by atoms with van der Waals surface area (Å²) in [4.78, 5) is 4.91. The standard InChI is InChI=1S/C16H18N2S/c1-10-8-15(12(3)19-10)11(2)18-9-13-6-4-5-7-14(13)16(18)17/h4-8,11,17H,9H2,1-3H3. The van der Waals surface area contributed by atoms with Gasteiger partial charge in [0.2, 0.25) is 0 Å². The summed E-state index contributed by atoms with van der Waals surface area (Å²) in [7, 11) is 0. The summed E-state index contributed by atoms with van der Waals surface area (Å²) in [6, 6.07) is 10.8. The van der Waals surface area contributed by atoms with Gasteiger partial charge in [-0.15, -0.1) is 11.3 Å². The summed E-state index contributed by atoms with van der Waals surface area (Å²) in [5.74, 6) is 0.659. The molecule has 2 nitrogen and oxygen atoms in total. The maximum Gasteiger partial charge on any atom is 0.129 e. The van der Waals surface area contributed by atoms with Crippen molar-refractivity contribution in [2.75, 3.05) is 0 Å². The van der Waals surface area contributed by atoms with E-state index < -0.39 is 0 Å². The smallest absolute Gasteiger partial charge is 0.129 e. The Kier molecular flexibility index (Phi) is 2.94. The van der Waals surface area contributed by atoms with Gasteiger partial charge in [0.25, 0.3) is 0 Å². The molecule has 1 unspecified atom stereocenters. The molecule has 0 spiro atoms. The second kappa shape index (κ2) is 4.49. The predicted octanol–water partition coefficient (Wildman–Crippen LogP) is 4.27. The molecule has 2 aromatic rings. The van der Waals surface area contributed by atoms with Gasteiger partial charge >= 0.3 is 0 Å². The molecule has 1 aromatic carbocycles. The first-order chi connectivity index (χ1) is 9.08. The third kappa shape index (κ3) is 1.98. The molecule has 0 bridgehead atoms. The van der Waals surface area contributed by atoms with Gasteiger partial charge < -0.3 is 4.90 Å². The number of nitrogens with one attached hydrogen (secondary N) is 1. The van der Waals surface area contributed by atoms with E-state index in [-0.39, 0.29) is 6.04 Å². The van der Waals surface area contributed by atoms with Crippen molar-refractivity contribution in [1.82, 2.24) is 4.90 Å². The largest absolute Gasteiger partial charge is 0.345 e. The normalized spacial score (nSPS) is 15.7. The molecule has 1 aromatic heterocycles. The number of benzene rings is 1. The number of amidine groups is 1. The average Bonchev–Trinajstić information content (AvgIpc) is 2.90. The zero-order valence-corrected chi connectivity index (χ0v) is 12.3. The molecule has 19 heavy (non-hydrogen) atoms. The molecular weight excluding hydrogens is 252 g/mol. The molecule has 0 fully saturated rings. The van der Waals surface area contributed by atoms with Crippen molar-refractivity contribution < 1.29 is 0 Å². The lowest BCUT2D eigenvalue weighted by Crippen LogP contribution is -2.27. The minimum atomic E-state index is 0.268. The summed E-state index contributed by atoms with van der Waals surface area (Å²) in [5, 5.41) is 8.37. The lowest BCUT2D eigenvalue weighted by atomic mass is 10.1. The molecule has 3 heteroatoms. The van der Waals surface area contributed by atoms with Gasteiger partial charge in [-0.2, -0.15) is 0 Å². The monoisotopic (exact) mass is 270 g/mol. The summed E-state index contributed by atoms with van der Waals surface area (Å²) < 4.78 is 0. The molecule has 1 aliphatic heterocycles. The van der Waals surface area contributed by atoms with Gasteiger partial charge in [0.05, 0.1) is 6.04 Å². The van der Waals surface area contributed by atoms with Crippen LogP contribution in [0.15, 0.2) is 30.3 Å². The van der Waals surface area contributed by atoms with Gasteiger partial charge in [0.1, 0.15) is 5.84 Å². The highest BCUT2D eigenvalue weighted by atomic mass is 32.1. The summed E-state index contributed by atoms with van der Waals surface area (Å²) in [5.41, 5.74) is 3.71. The van der Waals surface area contributed by atoms with Crippen LogP contribution in [0.1, 0.15) is 39.4 Å². The van der Waals surface area contributed by atoms with Crippen LogP contribution in [0.3, 0.4) is 0 Å². The average molecular weight is 270 g/mol. The number of aryl methyl sites for hydroxylation is 2. The van der Waals surface area contributed by atoms with Gasteiger partial charge in [-0.05, 0) is 38.0 Å². The molecule has 0 saturated heterocycles. The zero-order chi connectivity index (χ0) is 13.6. The maximum absolute atomic E-state index is 8.37. The Labute approximate surface area is 118 Å². The number of hydrogen-bond acceptors (Lipinski definition) is 2. The van der Waals surface area contributed by atoms with Crippen LogP contribution < -0.4 is 0 Å². The maximum atomic E-state index is 8.37. The van der Waals surface area contributed by atoms with Crippen molar-refractivity contribution >= 4 is 17.2 Å². The molecule has 0 radical (unpaired) electrons. The van der Waals surface area contributed by atoms with Crippen LogP contribution in [-0.2, 0) is 6.54 Å². The van der Waals surface area contributed by atoms with E-state index in [2.05, 4.69) is 49.9 Å². The molecule has 98 valence electrons. The van der Waals surface area contributed by atoms with Gasteiger partial charge in [0, 0.05) is 21.9 Å². The molecule has 1 aliphatic rings. The summed E-state index contributed by atoms with van der Waals surface area (Å²) in [6.45, 7) is 7.38. The van der Waals surface area contributed by atoms with Crippen LogP contribution in [-0.4, -0.2) is 10.7 Å². The molecule has 0 saturated carbocycles. The summed E-state index contributed by atoms with van der Waals surface area (Å²) >= 11 is 1.84. The van der Waals surface area contributed by atoms with Gasteiger partial charge in [-0.1, -0.05) is 24.3 Å². The van der Waals surface area contributed by atoms with Crippen LogP contribution in [0.25, 0.3) is 0 Å². The highest BCUT2D eigenvalue weighted by Gasteiger charge is 2.29. The highest BCUT2D eigenvalue weighted by molar-refractivity contribution is 7.12. The van der Waals surface area contributed by atoms with E-state index >= 15 is 0 Å². The molecule has 2 heterocycles. The first kappa shape index (κ1) is 12.4. The van der Waals surface area contributed by atoms with Gasteiger partial charge in [-0.3, -0.25) is 5.41 Å². The Balaban J connectivity index is 1.93. The Morgan fingerprint density at radius 2 is 2.00 bits per heavy atom. The topological polar surface area (TPSA) is 27.1 Å². The first-order valence-electron chi connectivity index (χ1n) is 6.58. The molecular formula is C16H18N2S. The van der Waals surface area contributed by atoms with Crippen LogP contribution in [0.5, 0.6) is 0 Å². The zero-order valence-electron chi connectivity index (χ0n) is 11.5. The van der Waals surface area contributed by atoms with E-state index in [1.807, 2.05) is 17.4 Å². The van der Waals surface area contributed by atoms with Crippen molar-refractivity contribution in [2.45, 2.75) is 33.4 Å². The fourth-order valence-electron chi connectivity index (χ4n) is 2.87. The van der Waals surface area contributed by atoms with E-state index in [1.165, 1.54) is 20.9 Å². The summed E-state index contributed by atoms with van der Waals surface area (Å²) in [6.07, 6.45) is 0. The van der Waals surface area contributed by atoms with E-state index in [1.54, 1.807) is 0 Å². The number of rotatable bonds is 2. The Morgan fingerprint density at radius 1 is 1.26 bits per heavy atom. The number of hydrogen-bond donors (Lipinski definition) is 1. The molecule has 0 amide bonds. The van der Waals surface area contributed by atoms with Crippen LogP contribution >= 0.6 is 11.3 Å². The van der Waals surface area contributed by atoms with Crippen molar-refractivity contribution in [2.24, 2.45) is 0 Å². The highest BCUT2D eigenvalue weighted by Crippen LogP contribution is 2.34. The van der Waals surface area contributed by atoms with Crippen LogP contribution in [0.4, 0.5) is 0 Å². The SMILES string of the molecule is Cc1cc(C(C)N2Cc3ccccc3C2=N)c(C)s1. The van der Waals surface area contributed by atoms with Crippen molar-refractivity contribution in [1.29, 1.82) is 5.41 Å². The molecule has 3 rings (SSSR count). The molecule has 1 N–H and O–H groups in total. The number of thiophene rings is 1. The Morgan fingerprint density at radius 3 is 2.63 bits per heavy atom. The quantitative estimate of drug-likeness (QED) is 0.867. The fourth-order valence-corrected chi connectivity index (χ4v) is 3.89. The van der Waals surface area contributed by atoms with E-state index in [4.69, 9.17) is 5.41 Å². The number of nitrogens with zero attached hydrogens (tertiary/aromatic N) is 1. The molecule has 1 atom stereocenters. The third-order valence-electron chi connectivity index (χ3n) is 3.90. The van der Waals surface area contributed by atoms with Crippen LogP contribution in [0, 0.1) is 19.3 Å². The van der Waals surface area contributed by atoms with Gasteiger partial charge in [0.15, 0.2) is 0 Å². The minimum absolute atomic E-state index is 0.268. The minimum Gasteiger partial charge on any atom is -0.345 e. The third-order valence-corrected chi connectivity index (χ3v) is 4.88. The fraction of sp³-hybridized carbons (Fsp3) is 0.312. The van der Waals surface area contributed by atoms with Gasteiger partial charge in [-0.25, -0.2) is 0 Å². The van der Waals surface area contributed by atoms with Crippen molar-refractivity contribution in [3.8, 4) is 0 Å². The second-order valence-electron chi connectivity index (χ2n) is 5.18. The van der Waals surface area contributed by atoms with E-state index in [0.717, 1.165) is 12.1 Å². The van der Waals surface area contributed by atoms with Crippen molar-refractivity contribution in [3.63, 3.8) is 0 Å². The van der Waals surface area contributed by atoms with Crippen LogP contribution in [0.2, 0.25) is 0 Å². The van der Waals surface area contributed by atoms with E-state index in [9.17, 15) is 0 Å². The lowest BCUT2D eigenvalue weighted by Gasteiger charge is -2.26. The Bertz CT molecular complexity index is 642. The lowest BCUT2D eigenvalue weighted by molar-refractivity contribution is 0.341. The number of fused-ring (bicyclic) bond motifs is 1. The Hall–Kier alpha value is -1.61. The van der Waals surface area contributed by atoms with E-state index in [0.29, 0.717) is 5.84 Å². The second-order valence-corrected chi connectivity index (χ2v) is 6.64.